The summed E-state index contributed by atoms with van der Waals surface area (Å²) >= 11 is 3.48. The van der Waals surface area contributed by atoms with Crippen LogP contribution in [0.2, 0.25) is 0 Å². The third-order valence-corrected chi connectivity index (χ3v) is 3.84. The molecule has 0 radical (unpaired) electrons. The van der Waals surface area contributed by atoms with E-state index in [-0.39, 0.29) is 0 Å². The lowest BCUT2D eigenvalue weighted by Crippen LogP contribution is -1.88. The predicted molar refractivity (Wildman–Crippen MR) is 84.5 cm³/mol. The van der Waals surface area contributed by atoms with Gasteiger partial charge in [-0.2, -0.15) is 0 Å². The van der Waals surface area contributed by atoms with Gasteiger partial charge in [0.25, 0.3) is 0 Å². The zero-order chi connectivity index (χ0) is 13.5. The minimum Gasteiger partial charge on any atom is -0.339 e. The molecule has 0 saturated heterocycles. The van der Waals surface area contributed by atoms with E-state index in [0.29, 0.717) is 0 Å². The van der Waals surface area contributed by atoms with Crippen LogP contribution >= 0.6 is 15.9 Å². The standard InChI is InChI=1S/C16H10BrN3/c17-11-6-7-12-13-9-18-15(10-4-2-1-3-5-10)20-16(13)19-14(12)8-11/h1-9H,(H,18,19,20). The average molecular weight is 324 g/mol. The molecule has 0 aliphatic carbocycles. The first-order chi connectivity index (χ1) is 9.81. The molecule has 0 atom stereocenters. The highest BCUT2D eigenvalue weighted by Crippen LogP contribution is 2.27. The molecule has 2 aromatic carbocycles. The van der Waals surface area contributed by atoms with Gasteiger partial charge in [0.1, 0.15) is 5.65 Å². The van der Waals surface area contributed by atoms with Crippen molar-refractivity contribution in [3.05, 3.63) is 59.2 Å². The van der Waals surface area contributed by atoms with Crippen LogP contribution in [0.15, 0.2) is 59.2 Å². The van der Waals surface area contributed by atoms with E-state index in [1.54, 1.807) is 0 Å². The van der Waals surface area contributed by atoms with Gasteiger partial charge in [-0.15, -0.1) is 0 Å². The maximum Gasteiger partial charge on any atom is 0.161 e. The summed E-state index contributed by atoms with van der Waals surface area (Å²) in [7, 11) is 0. The van der Waals surface area contributed by atoms with Crippen molar-refractivity contribution < 1.29 is 0 Å². The molecular formula is C16H10BrN3. The highest BCUT2D eigenvalue weighted by atomic mass is 79.9. The Hall–Kier alpha value is -2.20. The van der Waals surface area contributed by atoms with E-state index in [4.69, 9.17) is 0 Å². The molecule has 0 aliphatic rings. The Morgan fingerprint density at radius 1 is 0.950 bits per heavy atom. The second-order valence-electron chi connectivity index (χ2n) is 4.64. The molecule has 0 spiro atoms. The summed E-state index contributed by atoms with van der Waals surface area (Å²) in [5.41, 5.74) is 2.95. The van der Waals surface area contributed by atoms with Gasteiger partial charge in [0.05, 0.1) is 0 Å². The maximum absolute atomic E-state index is 4.63. The Morgan fingerprint density at radius 3 is 2.65 bits per heavy atom. The third kappa shape index (κ3) is 1.80. The zero-order valence-corrected chi connectivity index (χ0v) is 12.1. The predicted octanol–water partition coefficient (Wildman–Crippen LogP) is 4.54. The van der Waals surface area contributed by atoms with Crippen LogP contribution in [0.3, 0.4) is 0 Å². The molecule has 20 heavy (non-hydrogen) atoms. The van der Waals surface area contributed by atoms with Crippen LogP contribution in [0, 0.1) is 0 Å². The van der Waals surface area contributed by atoms with Crippen molar-refractivity contribution in [1.82, 2.24) is 15.0 Å². The number of benzene rings is 2. The fourth-order valence-corrected chi connectivity index (χ4v) is 2.74. The van der Waals surface area contributed by atoms with Gasteiger partial charge in [-0.1, -0.05) is 52.3 Å². The molecule has 0 unspecified atom stereocenters. The average Bonchev–Trinajstić information content (AvgIpc) is 2.84. The van der Waals surface area contributed by atoms with Crippen molar-refractivity contribution in [3.8, 4) is 11.4 Å². The number of rotatable bonds is 1. The van der Waals surface area contributed by atoms with Gasteiger partial charge in [-0.3, -0.25) is 0 Å². The number of hydrogen-bond donors (Lipinski definition) is 1. The fraction of sp³-hybridized carbons (Fsp3) is 0. The Morgan fingerprint density at radius 2 is 1.80 bits per heavy atom. The maximum atomic E-state index is 4.63. The minimum absolute atomic E-state index is 0.740. The van der Waals surface area contributed by atoms with Crippen LogP contribution in [0.25, 0.3) is 33.3 Å². The topological polar surface area (TPSA) is 41.6 Å². The highest BCUT2D eigenvalue weighted by Gasteiger charge is 2.08. The van der Waals surface area contributed by atoms with Gasteiger partial charge >= 0.3 is 0 Å². The Balaban J connectivity index is 1.98. The zero-order valence-electron chi connectivity index (χ0n) is 10.5. The normalized spacial score (nSPS) is 11.2. The van der Waals surface area contributed by atoms with E-state index in [1.165, 1.54) is 0 Å². The number of halogens is 1. The Kier molecular flexibility index (Phi) is 2.57. The van der Waals surface area contributed by atoms with Crippen LogP contribution in [0.1, 0.15) is 0 Å². The third-order valence-electron chi connectivity index (χ3n) is 3.35. The van der Waals surface area contributed by atoms with Gasteiger partial charge in [-0.05, 0) is 12.1 Å². The number of aromatic nitrogens is 3. The van der Waals surface area contributed by atoms with E-state index in [0.717, 1.165) is 37.8 Å². The Bertz CT molecular complexity index is 913. The second-order valence-corrected chi connectivity index (χ2v) is 5.55. The van der Waals surface area contributed by atoms with Crippen molar-refractivity contribution in [3.63, 3.8) is 0 Å². The molecule has 4 heteroatoms. The lowest BCUT2D eigenvalue weighted by Gasteiger charge is -1.99. The lowest BCUT2D eigenvalue weighted by molar-refractivity contribution is 1.21. The molecule has 2 aromatic heterocycles. The summed E-state index contributed by atoms with van der Waals surface area (Å²) in [6.07, 6.45) is 1.89. The molecule has 3 nitrogen and oxygen atoms in total. The molecule has 1 N–H and O–H groups in total. The molecule has 4 rings (SSSR count). The molecule has 2 heterocycles. The summed E-state index contributed by atoms with van der Waals surface area (Å²) in [6, 6.07) is 16.2. The van der Waals surface area contributed by atoms with Crippen molar-refractivity contribution >= 4 is 37.9 Å². The van der Waals surface area contributed by atoms with Crippen molar-refractivity contribution in [2.45, 2.75) is 0 Å². The molecule has 96 valence electrons. The monoisotopic (exact) mass is 323 g/mol. The van der Waals surface area contributed by atoms with Crippen molar-refractivity contribution in [2.24, 2.45) is 0 Å². The van der Waals surface area contributed by atoms with Crippen LogP contribution in [0.5, 0.6) is 0 Å². The number of aromatic amines is 1. The van der Waals surface area contributed by atoms with E-state index in [1.807, 2.05) is 42.6 Å². The number of nitrogens with zero attached hydrogens (tertiary/aromatic N) is 2. The number of H-pyrrole nitrogens is 1. The van der Waals surface area contributed by atoms with Crippen LogP contribution in [-0.4, -0.2) is 15.0 Å². The first-order valence-corrected chi connectivity index (χ1v) is 7.10. The minimum atomic E-state index is 0.740. The van der Waals surface area contributed by atoms with Gasteiger partial charge in [-0.25, -0.2) is 9.97 Å². The first kappa shape index (κ1) is 11.6. The molecule has 0 fully saturated rings. The summed E-state index contributed by atoms with van der Waals surface area (Å²) < 4.78 is 1.05. The summed E-state index contributed by atoms with van der Waals surface area (Å²) in [6.45, 7) is 0. The number of fused-ring (bicyclic) bond motifs is 3. The van der Waals surface area contributed by atoms with Gasteiger partial charge in [0.15, 0.2) is 5.82 Å². The summed E-state index contributed by atoms with van der Waals surface area (Å²) in [5, 5.41) is 2.19. The molecule has 0 saturated carbocycles. The quantitative estimate of drug-likeness (QED) is 0.558. The molecular weight excluding hydrogens is 314 g/mol. The van der Waals surface area contributed by atoms with E-state index in [9.17, 15) is 0 Å². The van der Waals surface area contributed by atoms with Crippen molar-refractivity contribution in [1.29, 1.82) is 0 Å². The van der Waals surface area contributed by atoms with Crippen molar-refractivity contribution in [2.75, 3.05) is 0 Å². The SMILES string of the molecule is Brc1ccc2c(c1)[nH]c1nc(-c3ccccc3)ncc12. The van der Waals surface area contributed by atoms with E-state index < -0.39 is 0 Å². The second kappa shape index (κ2) is 4.42. The molecule has 0 aliphatic heterocycles. The van der Waals surface area contributed by atoms with Crippen LogP contribution in [0.4, 0.5) is 0 Å². The summed E-state index contributed by atoms with van der Waals surface area (Å²) in [4.78, 5) is 12.5. The molecule has 4 aromatic rings. The largest absolute Gasteiger partial charge is 0.339 e. The summed E-state index contributed by atoms with van der Waals surface area (Å²) in [5.74, 6) is 0.740. The first-order valence-electron chi connectivity index (χ1n) is 6.31. The van der Waals surface area contributed by atoms with E-state index >= 15 is 0 Å². The highest BCUT2D eigenvalue weighted by molar-refractivity contribution is 9.10. The smallest absolute Gasteiger partial charge is 0.161 e. The van der Waals surface area contributed by atoms with E-state index in [2.05, 4.69) is 43.0 Å². The van der Waals surface area contributed by atoms with Gasteiger partial charge in [0.2, 0.25) is 0 Å². The lowest BCUT2D eigenvalue weighted by atomic mass is 10.2. The van der Waals surface area contributed by atoms with Gasteiger partial charge in [0, 0.05) is 32.5 Å². The van der Waals surface area contributed by atoms with Gasteiger partial charge < -0.3 is 4.98 Å². The number of hydrogen-bond acceptors (Lipinski definition) is 2. The fourth-order valence-electron chi connectivity index (χ4n) is 2.38. The number of nitrogens with one attached hydrogen (secondary N) is 1. The van der Waals surface area contributed by atoms with Crippen LogP contribution < -0.4 is 0 Å². The van der Waals surface area contributed by atoms with Crippen LogP contribution in [-0.2, 0) is 0 Å². The molecule has 0 amide bonds. The Labute approximate surface area is 123 Å². The molecule has 0 bridgehead atoms.